The highest BCUT2D eigenvalue weighted by Gasteiger charge is 2.11. The van der Waals surface area contributed by atoms with E-state index in [-0.39, 0.29) is 0 Å². The van der Waals surface area contributed by atoms with Crippen LogP contribution in [0, 0.1) is 13.8 Å². The summed E-state index contributed by atoms with van der Waals surface area (Å²) in [5, 5.41) is 4.33. The van der Waals surface area contributed by atoms with Crippen molar-refractivity contribution in [2.24, 2.45) is 0 Å². The lowest BCUT2D eigenvalue weighted by Gasteiger charge is -2.10. The first-order valence-corrected chi connectivity index (χ1v) is 5.49. The lowest BCUT2D eigenvalue weighted by molar-refractivity contribution is 0.924. The zero-order valence-corrected chi connectivity index (χ0v) is 9.75. The summed E-state index contributed by atoms with van der Waals surface area (Å²) in [6.45, 7) is 4.09. The van der Waals surface area contributed by atoms with Crippen LogP contribution in [0.1, 0.15) is 11.3 Å². The monoisotopic (exact) mass is 224 g/mol. The van der Waals surface area contributed by atoms with Gasteiger partial charge in [-0.25, -0.2) is 9.50 Å². The Labute approximate surface area is 99.0 Å². The maximum absolute atomic E-state index is 4.51. The zero-order chi connectivity index (χ0) is 11.8. The summed E-state index contributed by atoms with van der Waals surface area (Å²) in [6.07, 6.45) is 5.35. The molecule has 0 saturated carbocycles. The van der Waals surface area contributed by atoms with Crippen LogP contribution in [0.25, 0.3) is 16.9 Å². The second kappa shape index (κ2) is 3.66. The van der Waals surface area contributed by atoms with Crippen LogP contribution >= 0.6 is 0 Å². The lowest BCUT2D eigenvalue weighted by Crippen LogP contribution is -2.02. The van der Waals surface area contributed by atoms with Gasteiger partial charge in [0.2, 0.25) is 0 Å². The SMILES string of the molecule is Cc1nc2ccnn2c(-c2ccncc2)c1C. The molecule has 0 fully saturated rings. The molecule has 0 unspecified atom stereocenters. The third-order valence-corrected chi connectivity index (χ3v) is 2.97. The number of hydrogen-bond donors (Lipinski definition) is 0. The van der Waals surface area contributed by atoms with Crippen molar-refractivity contribution in [1.29, 1.82) is 0 Å². The molecule has 0 N–H and O–H groups in total. The largest absolute Gasteiger partial charge is 0.265 e. The minimum atomic E-state index is 0.875. The Balaban J connectivity index is 2.42. The lowest BCUT2D eigenvalue weighted by atomic mass is 10.1. The topological polar surface area (TPSA) is 43.1 Å². The molecule has 0 atom stereocenters. The molecule has 84 valence electrons. The Morgan fingerprint density at radius 2 is 1.76 bits per heavy atom. The van der Waals surface area contributed by atoms with Gasteiger partial charge in [0.1, 0.15) is 0 Å². The van der Waals surface area contributed by atoms with Crippen LogP contribution in [0.2, 0.25) is 0 Å². The van der Waals surface area contributed by atoms with Crippen molar-refractivity contribution < 1.29 is 0 Å². The quantitative estimate of drug-likeness (QED) is 0.637. The van der Waals surface area contributed by atoms with Gasteiger partial charge in [0.05, 0.1) is 11.9 Å². The molecule has 4 nitrogen and oxygen atoms in total. The van der Waals surface area contributed by atoms with Gasteiger partial charge in [-0.15, -0.1) is 0 Å². The molecule has 0 aromatic carbocycles. The van der Waals surface area contributed by atoms with E-state index in [1.54, 1.807) is 18.6 Å². The number of nitrogens with zero attached hydrogens (tertiary/aromatic N) is 4. The van der Waals surface area contributed by atoms with Crippen LogP contribution < -0.4 is 0 Å². The molecular formula is C13H12N4. The maximum Gasteiger partial charge on any atom is 0.155 e. The Hall–Kier alpha value is -2.23. The van der Waals surface area contributed by atoms with E-state index in [1.165, 1.54) is 0 Å². The predicted octanol–water partition coefficient (Wildman–Crippen LogP) is 2.41. The fraction of sp³-hybridized carbons (Fsp3) is 0.154. The van der Waals surface area contributed by atoms with Crippen molar-refractivity contribution in [3.05, 3.63) is 48.0 Å². The first-order valence-electron chi connectivity index (χ1n) is 5.49. The molecule has 0 radical (unpaired) electrons. The summed E-state index contributed by atoms with van der Waals surface area (Å²) in [7, 11) is 0. The minimum Gasteiger partial charge on any atom is -0.265 e. The summed E-state index contributed by atoms with van der Waals surface area (Å²) in [4.78, 5) is 8.55. The van der Waals surface area contributed by atoms with E-state index in [2.05, 4.69) is 22.0 Å². The smallest absolute Gasteiger partial charge is 0.155 e. The van der Waals surface area contributed by atoms with Crippen molar-refractivity contribution in [2.45, 2.75) is 13.8 Å². The third kappa shape index (κ3) is 1.49. The van der Waals surface area contributed by atoms with E-state index in [9.17, 15) is 0 Å². The van der Waals surface area contributed by atoms with Gasteiger partial charge in [-0.1, -0.05) is 0 Å². The van der Waals surface area contributed by atoms with Crippen molar-refractivity contribution >= 4 is 5.65 Å². The van der Waals surface area contributed by atoms with Gasteiger partial charge in [-0.3, -0.25) is 4.98 Å². The van der Waals surface area contributed by atoms with E-state index in [4.69, 9.17) is 0 Å². The van der Waals surface area contributed by atoms with E-state index < -0.39 is 0 Å². The molecule has 3 heterocycles. The van der Waals surface area contributed by atoms with Gasteiger partial charge in [-0.05, 0) is 31.5 Å². The van der Waals surface area contributed by atoms with E-state index in [1.807, 2.05) is 29.6 Å². The number of fused-ring (bicyclic) bond motifs is 1. The average Bonchev–Trinajstić information content (AvgIpc) is 2.79. The molecule has 0 aliphatic carbocycles. The van der Waals surface area contributed by atoms with Crippen LogP contribution in [0.3, 0.4) is 0 Å². The van der Waals surface area contributed by atoms with Crippen LogP contribution in [-0.4, -0.2) is 19.6 Å². The van der Waals surface area contributed by atoms with Crippen molar-refractivity contribution in [2.75, 3.05) is 0 Å². The van der Waals surface area contributed by atoms with Gasteiger partial charge < -0.3 is 0 Å². The molecule has 0 saturated heterocycles. The van der Waals surface area contributed by atoms with Gasteiger partial charge in [-0.2, -0.15) is 5.10 Å². The minimum absolute atomic E-state index is 0.875. The summed E-state index contributed by atoms with van der Waals surface area (Å²) >= 11 is 0. The van der Waals surface area contributed by atoms with Crippen LogP contribution in [0.15, 0.2) is 36.8 Å². The molecule has 3 rings (SSSR count). The zero-order valence-electron chi connectivity index (χ0n) is 9.75. The number of aromatic nitrogens is 4. The molecule has 0 bridgehead atoms. The summed E-state index contributed by atoms with van der Waals surface area (Å²) in [5.74, 6) is 0. The molecule has 17 heavy (non-hydrogen) atoms. The summed E-state index contributed by atoms with van der Waals surface area (Å²) in [5.41, 5.74) is 5.24. The highest BCUT2D eigenvalue weighted by atomic mass is 15.2. The highest BCUT2D eigenvalue weighted by Crippen LogP contribution is 2.24. The fourth-order valence-electron chi connectivity index (χ4n) is 1.99. The Kier molecular flexibility index (Phi) is 2.14. The molecular weight excluding hydrogens is 212 g/mol. The van der Waals surface area contributed by atoms with E-state index in [0.717, 1.165) is 28.2 Å². The molecule has 0 amide bonds. The molecule has 0 spiro atoms. The summed E-state index contributed by atoms with van der Waals surface area (Å²) in [6, 6.07) is 5.89. The average molecular weight is 224 g/mol. The van der Waals surface area contributed by atoms with Gasteiger partial charge in [0.15, 0.2) is 5.65 Å². The number of pyridine rings is 1. The van der Waals surface area contributed by atoms with Crippen molar-refractivity contribution in [3.8, 4) is 11.3 Å². The standard InChI is InChI=1S/C13H12N4/c1-9-10(2)16-12-5-8-15-17(12)13(9)11-3-6-14-7-4-11/h3-8H,1-2H3. The van der Waals surface area contributed by atoms with Gasteiger partial charge in [0, 0.05) is 29.7 Å². The van der Waals surface area contributed by atoms with Gasteiger partial charge >= 0.3 is 0 Å². The Morgan fingerprint density at radius 1 is 1.00 bits per heavy atom. The second-order valence-corrected chi connectivity index (χ2v) is 4.01. The van der Waals surface area contributed by atoms with E-state index in [0.29, 0.717) is 0 Å². The van der Waals surface area contributed by atoms with Crippen molar-refractivity contribution in [3.63, 3.8) is 0 Å². The molecule has 0 aliphatic rings. The number of hydrogen-bond acceptors (Lipinski definition) is 3. The Morgan fingerprint density at radius 3 is 2.53 bits per heavy atom. The Bertz CT molecular complexity index is 670. The highest BCUT2D eigenvalue weighted by molar-refractivity contribution is 5.66. The molecule has 3 aromatic heterocycles. The van der Waals surface area contributed by atoms with Crippen molar-refractivity contribution in [1.82, 2.24) is 19.6 Å². The first-order chi connectivity index (χ1) is 8.27. The second-order valence-electron chi connectivity index (χ2n) is 4.01. The predicted molar refractivity (Wildman–Crippen MR) is 65.7 cm³/mol. The fourth-order valence-corrected chi connectivity index (χ4v) is 1.99. The molecule has 4 heteroatoms. The summed E-state index contributed by atoms with van der Waals surface area (Å²) < 4.78 is 1.87. The third-order valence-electron chi connectivity index (χ3n) is 2.97. The number of aryl methyl sites for hydroxylation is 1. The van der Waals surface area contributed by atoms with Crippen LogP contribution in [0.5, 0.6) is 0 Å². The van der Waals surface area contributed by atoms with E-state index >= 15 is 0 Å². The van der Waals surface area contributed by atoms with Crippen LogP contribution in [-0.2, 0) is 0 Å². The molecule has 3 aromatic rings. The normalized spacial score (nSPS) is 10.9. The maximum atomic E-state index is 4.51. The number of rotatable bonds is 1. The first kappa shape index (κ1) is 9.96. The molecule has 0 aliphatic heterocycles. The van der Waals surface area contributed by atoms with Gasteiger partial charge in [0.25, 0.3) is 0 Å². The van der Waals surface area contributed by atoms with Crippen LogP contribution in [0.4, 0.5) is 0 Å².